The van der Waals surface area contributed by atoms with Crippen LogP contribution in [0.1, 0.15) is 38.2 Å². The summed E-state index contributed by atoms with van der Waals surface area (Å²) in [5.74, 6) is 0.337. The van der Waals surface area contributed by atoms with Gasteiger partial charge in [0.25, 0.3) is 5.91 Å². The molecule has 144 valence electrons. The van der Waals surface area contributed by atoms with Crippen molar-refractivity contribution in [2.24, 2.45) is 0 Å². The van der Waals surface area contributed by atoms with Gasteiger partial charge in [-0.3, -0.25) is 9.59 Å². The Morgan fingerprint density at radius 2 is 1.78 bits per heavy atom. The maximum Gasteiger partial charge on any atom is 0.307 e. The lowest BCUT2D eigenvalue weighted by atomic mass is 9.99. The third kappa shape index (κ3) is 7.65. The summed E-state index contributed by atoms with van der Waals surface area (Å²) in [6, 6.07) is 15.2. The normalized spacial score (nSPS) is 11.7. The Balaban J connectivity index is 1.67. The fourth-order valence-electron chi connectivity index (χ4n) is 2.33. The van der Waals surface area contributed by atoms with E-state index in [4.69, 9.17) is 16.3 Å². The van der Waals surface area contributed by atoms with Crippen molar-refractivity contribution in [3.8, 4) is 0 Å². The van der Waals surface area contributed by atoms with Crippen LogP contribution in [-0.2, 0) is 14.3 Å². The molecule has 2 rings (SSSR count). The second kappa shape index (κ2) is 11.0. The average molecular weight is 406 g/mol. The molecule has 0 radical (unpaired) electrons. The molecule has 0 bridgehead atoms. The van der Waals surface area contributed by atoms with Gasteiger partial charge >= 0.3 is 5.97 Å². The third-order valence-corrected chi connectivity index (χ3v) is 5.39. The van der Waals surface area contributed by atoms with E-state index < -0.39 is 5.97 Å². The van der Waals surface area contributed by atoms with Crippen LogP contribution in [0.5, 0.6) is 0 Å². The number of hydrogen-bond acceptors (Lipinski definition) is 4. The maximum absolute atomic E-state index is 11.9. The number of benzene rings is 2. The summed E-state index contributed by atoms with van der Waals surface area (Å²) in [5, 5.41) is 3.41. The predicted octanol–water partition coefficient (Wildman–Crippen LogP) is 5.52. The Kier molecular flexibility index (Phi) is 8.69. The van der Waals surface area contributed by atoms with Crippen molar-refractivity contribution in [2.45, 2.75) is 37.5 Å². The summed E-state index contributed by atoms with van der Waals surface area (Å²) in [5.41, 5.74) is 1.93. The Morgan fingerprint density at radius 3 is 2.41 bits per heavy atom. The SMILES string of the molecule is CC[C@H](C)c1ccc(NC(=O)COC(=O)CCSc2ccc(Cl)cc2)cc1. The van der Waals surface area contributed by atoms with Crippen LogP contribution in [-0.4, -0.2) is 24.2 Å². The molecule has 1 amide bonds. The fraction of sp³-hybridized carbons (Fsp3) is 0.333. The zero-order chi connectivity index (χ0) is 19.6. The zero-order valence-corrected chi connectivity index (χ0v) is 17.1. The van der Waals surface area contributed by atoms with Gasteiger partial charge in [0.2, 0.25) is 0 Å². The van der Waals surface area contributed by atoms with E-state index in [9.17, 15) is 9.59 Å². The number of amides is 1. The van der Waals surface area contributed by atoms with E-state index in [1.165, 1.54) is 17.3 Å². The zero-order valence-electron chi connectivity index (χ0n) is 15.5. The average Bonchev–Trinajstić information content (AvgIpc) is 2.68. The number of anilines is 1. The number of thioether (sulfide) groups is 1. The van der Waals surface area contributed by atoms with E-state index in [1.807, 2.05) is 48.5 Å². The lowest BCUT2D eigenvalue weighted by Crippen LogP contribution is -2.21. The van der Waals surface area contributed by atoms with Crippen LogP contribution in [0.15, 0.2) is 53.4 Å². The van der Waals surface area contributed by atoms with Crippen LogP contribution in [0.4, 0.5) is 5.69 Å². The number of carbonyl (C=O) groups is 2. The molecule has 0 fully saturated rings. The van der Waals surface area contributed by atoms with Gasteiger partial charge in [-0.1, -0.05) is 37.6 Å². The molecule has 1 atom stereocenters. The van der Waals surface area contributed by atoms with Crippen molar-refractivity contribution in [1.82, 2.24) is 0 Å². The minimum absolute atomic E-state index is 0.240. The summed E-state index contributed by atoms with van der Waals surface area (Å²) in [6.45, 7) is 4.03. The Morgan fingerprint density at radius 1 is 1.11 bits per heavy atom. The first-order valence-corrected chi connectivity index (χ1v) is 10.3. The van der Waals surface area contributed by atoms with Crippen molar-refractivity contribution in [1.29, 1.82) is 0 Å². The van der Waals surface area contributed by atoms with Gasteiger partial charge in [0.05, 0.1) is 6.42 Å². The molecule has 6 heteroatoms. The molecular formula is C21H24ClNO3S. The van der Waals surface area contributed by atoms with Gasteiger partial charge in [-0.05, 0) is 54.3 Å². The van der Waals surface area contributed by atoms with E-state index >= 15 is 0 Å². The molecule has 0 aliphatic rings. The second-order valence-electron chi connectivity index (χ2n) is 6.19. The van der Waals surface area contributed by atoms with Gasteiger partial charge in [-0.2, -0.15) is 0 Å². The van der Waals surface area contributed by atoms with Crippen LogP contribution in [0.3, 0.4) is 0 Å². The highest BCUT2D eigenvalue weighted by Gasteiger charge is 2.09. The molecule has 1 N–H and O–H groups in total. The molecule has 0 aromatic heterocycles. The van der Waals surface area contributed by atoms with Crippen molar-refractivity contribution >= 4 is 40.9 Å². The number of esters is 1. The fourth-order valence-corrected chi connectivity index (χ4v) is 3.29. The molecule has 2 aromatic carbocycles. The third-order valence-electron chi connectivity index (χ3n) is 4.13. The Labute approximate surface area is 169 Å². The van der Waals surface area contributed by atoms with Crippen molar-refractivity contribution in [2.75, 3.05) is 17.7 Å². The highest BCUT2D eigenvalue weighted by molar-refractivity contribution is 7.99. The highest BCUT2D eigenvalue weighted by Crippen LogP contribution is 2.21. The lowest BCUT2D eigenvalue weighted by Gasteiger charge is -2.10. The number of rotatable bonds is 9. The summed E-state index contributed by atoms with van der Waals surface area (Å²) >= 11 is 7.37. The summed E-state index contributed by atoms with van der Waals surface area (Å²) < 4.78 is 5.03. The predicted molar refractivity (Wildman–Crippen MR) is 112 cm³/mol. The van der Waals surface area contributed by atoms with Gasteiger partial charge in [-0.15, -0.1) is 11.8 Å². The van der Waals surface area contributed by atoms with Gasteiger partial charge in [0, 0.05) is 21.4 Å². The summed E-state index contributed by atoms with van der Waals surface area (Å²) in [6.07, 6.45) is 1.31. The summed E-state index contributed by atoms with van der Waals surface area (Å²) in [7, 11) is 0. The van der Waals surface area contributed by atoms with Crippen LogP contribution in [0.2, 0.25) is 5.02 Å². The molecule has 0 aliphatic carbocycles. The van der Waals surface area contributed by atoms with E-state index in [0.29, 0.717) is 22.4 Å². The number of carbonyl (C=O) groups excluding carboxylic acids is 2. The van der Waals surface area contributed by atoms with E-state index in [1.54, 1.807) is 0 Å². The number of hydrogen-bond donors (Lipinski definition) is 1. The molecule has 0 heterocycles. The Bertz CT molecular complexity index is 747. The molecule has 4 nitrogen and oxygen atoms in total. The molecule has 2 aromatic rings. The lowest BCUT2D eigenvalue weighted by molar-refractivity contribution is -0.146. The van der Waals surface area contributed by atoms with Crippen molar-refractivity contribution < 1.29 is 14.3 Å². The van der Waals surface area contributed by atoms with E-state index in [-0.39, 0.29) is 18.9 Å². The van der Waals surface area contributed by atoms with Gasteiger partial charge in [-0.25, -0.2) is 0 Å². The number of nitrogens with one attached hydrogen (secondary N) is 1. The van der Waals surface area contributed by atoms with Crippen molar-refractivity contribution in [3.05, 3.63) is 59.1 Å². The monoisotopic (exact) mass is 405 g/mol. The smallest absolute Gasteiger partial charge is 0.307 e. The maximum atomic E-state index is 11.9. The highest BCUT2D eigenvalue weighted by atomic mass is 35.5. The molecular weight excluding hydrogens is 382 g/mol. The van der Waals surface area contributed by atoms with Gasteiger partial charge in [0.15, 0.2) is 6.61 Å². The topological polar surface area (TPSA) is 55.4 Å². The Hall–Kier alpha value is -1.98. The largest absolute Gasteiger partial charge is 0.456 e. The first-order chi connectivity index (χ1) is 13.0. The second-order valence-corrected chi connectivity index (χ2v) is 7.80. The van der Waals surface area contributed by atoms with Crippen molar-refractivity contribution in [3.63, 3.8) is 0 Å². The molecule has 0 spiro atoms. The summed E-state index contributed by atoms with van der Waals surface area (Å²) in [4.78, 5) is 24.7. The standard InChI is InChI=1S/C21H24ClNO3S/c1-3-15(2)16-4-8-18(9-5-16)23-20(24)14-26-21(25)12-13-27-19-10-6-17(22)7-11-19/h4-11,15H,3,12-14H2,1-2H3,(H,23,24)/t15-/m0/s1. The minimum Gasteiger partial charge on any atom is -0.456 e. The van der Waals surface area contributed by atoms with Crippen LogP contribution in [0.25, 0.3) is 0 Å². The molecule has 0 saturated heterocycles. The van der Waals surface area contributed by atoms with Crippen LogP contribution < -0.4 is 5.32 Å². The van der Waals surface area contributed by atoms with Gasteiger partial charge in [0.1, 0.15) is 0 Å². The number of ether oxygens (including phenoxy) is 1. The van der Waals surface area contributed by atoms with Gasteiger partial charge < -0.3 is 10.1 Å². The van der Waals surface area contributed by atoms with E-state index in [2.05, 4.69) is 19.2 Å². The quantitative estimate of drug-likeness (QED) is 0.441. The molecule has 0 unspecified atom stereocenters. The molecule has 0 saturated carbocycles. The first-order valence-electron chi connectivity index (χ1n) is 8.91. The minimum atomic E-state index is -0.390. The molecule has 0 aliphatic heterocycles. The van der Waals surface area contributed by atoms with Crippen LogP contribution >= 0.6 is 23.4 Å². The van der Waals surface area contributed by atoms with E-state index in [0.717, 1.165) is 11.3 Å². The molecule has 27 heavy (non-hydrogen) atoms. The van der Waals surface area contributed by atoms with Crippen LogP contribution in [0, 0.1) is 0 Å². The number of halogens is 1. The first kappa shape index (κ1) is 21.3.